The summed E-state index contributed by atoms with van der Waals surface area (Å²) in [5.74, 6) is -3.09. The number of amides is 1. The van der Waals surface area contributed by atoms with Crippen LogP contribution >= 0.6 is 0 Å². The molecular weight excluding hydrogens is 249 g/mol. The molecule has 0 aliphatic rings. The van der Waals surface area contributed by atoms with Gasteiger partial charge in [-0.15, -0.1) is 0 Å². The minimum Gasteiger partial charge on any atom is -0.480 e. The highest BCUT2D eigenvalue weighted by atomic mass is 16.5. The molecule has 0 saturated carbocycles. The number of benzene rings is 1. The van der Waals surface area contributed by atoms with E-state index in [9.17, 15) is 14.4 Å². The van der Waals surface area contributed by atoms with E-state index < -0.39 is 30.2 Å². The van der Waals surface area contributed by atoms with Crippen LogP contribution in [0.15, 0.2) is 30.3 Å². The molecule has 1 aromatic rings. The lowest BCUT2D eigenvalue weighted by molar-refractivity contribution is -0.150. The minimum atomic E-state index is -1.39. The van der Waals surface area contributed by atoms with Gasteiger partial charge in [-0.05, 0) is 5.56 Å². The van der Waals surface area contributed by atoms with Crippen molar-refractivity contribution in [1.29, 1.82) is 0 Å². The third-order valence-electron chi connectivity index (χ3n) is 2.23. The predicted octanol–water partition coefficient (Wildman–Crippen LogP) is 0.451. The van der Waals surface area contributed by atoms with E-state index in [0.29, 0.717) is 0 Å². The van der Waals surface area contributed by atoms with Crippen LogP contribution in [0.4, 0.5) is 4.79 Å². The van der Waals surface area contributed by atoms with Crippen molar-refractivity contribution in [2.45, 2.75) is 19.1 Å². The third-order valence-corrected chi connectivity index (χ3v) is 2.23. The van der Waals surface area contributed by atoms with E-state index in [-0.39, 0.29) is 6.61 Å². The van der Waals surface area contributed by atoms with Crippen LogP contribution in [0.2, 0.25) is 0 Å². The molecule has 19 heavy (non-hydrogen) atoms. The molecule has 0 spiro atoms. The summed E-state index contributed by atoms with van der Waals surface area (Å²) in [7, 11) is 4.81. The Labute approximate surface area is 111 Å². The summed E-state index contributed by atoms with van der Waals surface area (Å²) in [4.78, 5) is 32.8. The fraction of sp³-hybridized carbons (Fsp3) is 0.250. The Balaban J connectivity index is 2.45. The number of carbonyl (C=O) groups excluding carboxylic acids is 2. The van der Waals surface area contributed by atoms with Crippen molar-refractivity contribution in [2.24, 2.45) is 0 Å². The Morgan fingerprint density at radius 1 is 1.26 bits per heavy atom. The molecular formula is C12H12BNO5. The molecule has 0 aliphatic heterocycles. The number of aliphatic carboxylic acids is 1. The second kappa shape index (κ2) is 7.20. The first kappa shape index (κ1) is 14.8. The lowest BCUT2D eigenvalue weighted by Gasteiger charge is -2.12. The van der Waals surface area contributed by atoms with Gasteiger partial charge in [-0.25, -0.2) is 4.79 Å². The lowest BCUT2D eigenvalue weighted by atomic mass is 10.1. The average Bonchev–Trinajstić information content (AvgIpc) is 2.36. The zero-order chi connectivity index (χ0) is 14.3. The van der Waals surface area contributed by atoms with Crippen LogP contribution in [0.25, 0.3) is 0 Å². The van der Waals surface area contributed by atoms with Crippen molar-refractivity contribution >= 4 is 25.6 Å². The van der Waals surface area contributed by atoms with E-state index in [1.165, 1.54) is 0 Å². The van der Waals surface area contributed by atoms with Crippen molar-refractivity contribution in [1.82, 2.24) is 5.32 Å². The van der Waals surface area contributed by atoms with Crippen LogP contribution in [0.5, 0.6) is 0 Å². The van der Waals surface area contributed by atoms with Crippen molar-refractivity contribution in [3.63, 3.8) is 0 Å². The van der Waals surface area contributed by atoms with E-state index in [4.69, 9.17) is 17.7 Å². The SMILES string of the molecule is [B]C(=O)NC(CC(=O)OCc1ccccc1)C(=O)O. The summed E-state index contributed by atoms with van der Waals surface area (Å²) >= 11 is 0. The molecule has 0 aliphatic carbocycles. The standard InChI is InChI=1S/C12H12BNO5/c13-12(18)14-9(11(16)17)6-10(15)19-7-8-4-2-1-3-5-8/h1-5,9H,6-7H2,(H,14,18)(H,16,17). The van der Waals surface area contributed by atoms with Gasteiger partial charge in [0.05, 0.1) is 6.42 Å². The predicted molar refractivity (Wildman–Crippen MR) is 66.6 cm³/mol. The highest BCUT2D eigenvalue weighted by Crippen LogP contribution is 2.03. The molecule has 1 amide bonds. The van der Waals surface area contributed by atoms with Crippen LogP contribution in [0.1, 0.15) is 12.0 Å². The number of nitrogens with one attached hydrogen (secondary N) is 1. The Morgan fingerprint density at radius 2 is 1.89 bits per heavy atom. The average molecular weight is 261 g/mol. The number of esters is 1. The van der Waals surface area contributed by atoms with E-state index in [2.05, 4.69) is 0 Å². The van der Waals surface area contributed by atoms with Gasteiger partial charge in [-0.3, -0.25) is 9.59 Å². The Hall–Kier alpha value is -2.31. The van der Waals surface area contributed by atoms with Crippen LogP contribution in [-0.4, -0.2) is 36.7 Å². The molecule has 0 heterocycles. The zero-order valence-corrected chi connectivity index (χ0v) is 10.0. The topological polar surface area (TPSA) is 92.7 Å². The molecule has 2 N–H and O–H groups in total. The summed E-state index contributed by atoms with van der Waals surface area (Å²) in [5.41, 5.74) is 0.783. The molecule has 1 unspecified atom stereocenters. The summed E-state index contributed by atoms with van der Waals surface area (Å²) in [6.07, 6.45) is -0.481. The maximum Gasteiger partial charge on any atom is 0.326 e. The van der Waals surface area contributed by atoms with Crippen LogP contribution in [0.3, 0.4) is 0 Å². The second-order valence-corrected chi connectivity index (χ2v) is 3.75. The minimum absolute atomic E-state index is 0.0442. The number of hydrogen-bond donors (Lipinski definition) is 2. The van der Waals surface area contributed by atoms with Gasteiger partial charge in [0.25, 0.3) is 0 Å². The molecule has 1 aromatic carbocycles. The lowest BCUT2D eigenvalue weighted by Crippen LogP contribution is -2.41. The van der Waals surface area contributed by atoms with E-state index in [0.717, 1.165) is 5.56 Å². The second-order valence-electron chi connectivity index (χ2n) is 3.75. The van der Waals surface area contributed by atoms with E-state index in [1.54, 1.807) is 24.3 Å². The van der Waals surface area contributed by atoms with Gasteiger partial charge in [0.15, 0.2) is 5.81 Å². The first-order chi connectivity index (χ1) is 8.99. The van der Waals surface area contributed by atoms with Crippen molar-refractivity contribution in [3.05, 3.63) is 35.9 Å². The number of carboxylic acid groups (broad SMARTS) is 1. The highest BCUT2D eigenvalue weighted by molar-refractivity contribution is 6.57. The summed E-state index contributed by atoms with van der Waals surface area (Å²) < 4.78 is 4.90. The number of hydrogen-bond acceptors (Lipinski definition) is 4. The fourth-order valence-corrected chi connectivity index (χ4v) is 1.34. The molecule has 0 fully saturated rings. The normalized spacial score (nSPS) is 11.4. The highest BCUT2D eigenvalue weighted by Gasteiger charge is 2.22. The van der Waals surface area contributed by atoms with Gasteiger partial charge in [0.1, 0.15) is 12.6 Å². The van der Waals surface area contributed by atoms with Crippen molar-refractivity contribution in [3.8, 4) is 0 Å². The van der Waals surface area contributed by atoms with Gasteiger partial charge in [-0.2, -0.15) is 0 Å². The molecule has 2 radical (unpaired) electrons. The third kappa shape index (κ3) is 5.72. The van der Waals surface area contributed by atoms with Gasteiger partial charge in [0.2, 0.25) is 7.85 Å². The van der Waals surface area contributed by atoms with Gasteiger partial charge in [0, 0.05) is 0 Å². The molecule has 0 bridgehead atoms. The molecule has 98 valence electrons. The molecule has 0 saturated heterocycles. The van der Waals surface area contributed by atoms with Gasteiger partial charge in [-0.1, -0.05) is 30.3 Å². The van der Waals surface area contributed by atoms with E-state index >= 15 is 0 Å². The molecule has 1 atom stereocenters. The Morgan fingerprint density at radius 3 is 2.42 bits per heavy atom. The molecule has 7 heteroatoms. The maximum atomic E-state index is 11.4. The first-order valence-electron chi connectivity index (χ1n) is 5.47. The molecule has 1 rings (SSSR count). The molecule has 6 nitrogen and oxygen atoms in total. The van der Waals surface area contributed by atoms with Crippen LogP contribution < -0.4 is 5.32 Å². The Kier molecular flexibility index (Phi) is 5.59. The first-order valence-corrected chi connectivity index (χ1v) is 5.47. The van der Waals surface area contributed by atoms with Crippen LogP contribution in [-0.2, 0) is 20.9 Å². The Bertz CT molecular complexity index is 462. The quantitative estimate of drug-likeness (QED) is 0.573. The summed E-state index contributed by atoms with van der Waals surface area (Å²) in [6.45, 7) is 0.0442. The van der Waals surface area contributed by atoms with Crippen LogP contribution in [0, 0.1) is 0 Å². The smallest absolute Gasteiger partial charge is 0.326 e. The maximum absolute atomic E-state index is 11.4. The van der Waals surface area contributed by atoms with E-state index in [1.807, 2.05) is 11.4 Å². The summed E-state index contributed by atoms with van der Waals surface area (Å²) in [5, 5.41) is 10.7. The number of carbonyl (C=O) groups is 3. The van der Waals surface area contributed by atoms with Crippen molar-refractivity contribution < 1.29 is 24.2 Å². The zero-order valence-electron chi connectivity index (χ0n) is 10.0. The summed E-state index contributed by atoms with van der Waals surface area (Å²) in [6, 6.07) is 7.55. The molecule has 0 aromatic heterocycles. The number of carboxylic acids is 1. The fourth-order valence-electron chi connectivity index (χ4n) is 1.34. The van der Waals surface area contributed by atoms with Gasteiger partial charge < -0.3 is 15.2 Å². The van der Waals surface area contributed by atoms with Gasteiger partial charge >= 0.3 is 11.9 Å². The number of ether oxygens (including phenoxy) is 1. The monoisotopic (exact) mass is 261 g/mol. The van der Waals surface area contributed by atoms with Crippen molar-refractivity contribution in [2.75, 3.05) is 0 Å². The number of rotatable bonds is 6. The largest absolute Gasteiger partial charge is 0.480 e.